The molecular formula is C20H22N2. The molecule has 4 rings (SSSR count). The topological polar surface area (TPSA) is 27.8 Å². The summed E-state index contributed by atoms with van der Waals surface area (Å²) in [6.45, 7) is 2.26. The van der Waals surface area contributed by atoms with E-state index in [1.54, 1.807) is 0 Å². The minimum absolute atomic E-state index is 0.401. The predicted molar refractivity (Wildman–Crippen MR) is 92.1 cm³/mol. The monoisotopic (exact) mass is 290 g/mol. The van der Waals surface area contributed by atoms with Gasteiger partial charge in [-0.15, -0.1) is 0 Å². The van der Waals surface area contributed by atoms with Crippen LogP contribution in [0.4, 0.5) is 0 Å². The van der Waals surface area contributed by atoms with Crippen molar-refractivity contribution in [2.75, 3.05) is 0 Å². The molecule has 1 heterocycles. The van der Waals surface area contributed by atoms with Crippen molar-refractivity contribution < 1.29 is 0 Å². The number of aryl methyl sites for hydroxylation is 1. The lowest BCUT2D eigenvalue weighted by molar-refractivity contribution is 0.413. The second-order valence-corrected chi connectivity index (χ2v) is 6.37. The molecule has 0 aliphatic heterocycles. The van der Waals surface area contributed by atoms with Gasteiger partial charge in [-0.25, -0.2) is 0 Å². The summed E-state index contributed by atoms with van der Waals surface area (Å²) in [7, 11) is 0. The van der Waals surface area contributed by atoms with E-state index in [0.29, 0.717) is 12.1 Å². The van der Waals surface area contributed by atoms with Gasteiger partial charge in [-0.05, 0) is 43.4 Å². The number of para-hydroxylation sites is 1. The Morgan fingerprint density at radius 3 is 2.68 bits per heavy atom. The third-order valence-corrected chi connectivity index (χ3v) is 4.88. The molecule has 2 aromatic carbocycles. The maximum Gasteiger partial charge on any atom is 0.0458 e. The van der Waals surface area contributed by atoms with Crippen LogP contribution in [0.25, 0.3) is 10.9 Å². The molecule has 2 nitrogen and oxygen atoms in total. The average Bonchev–Trinajstić information content (AvgIpc) is 2.94. The van der Waals surface area contributed by atoms with Gasteiger partial charge in [0.25, 0.3) is 0 Å². The van der Waals surface area contributed by atoms with Gasteiger partial charge in [0.1, 0.15) is 0 Å². The van der Waals surface area contributed by atoms with E-state index in [2.05, 4.69) is 71.8 Å². The largest absolute Gasteiger partial charge is 0.358 e. The van der Waals surface area contributed by atoms with E-state index < -0.39 is 0 Å². The summed E-state index contributed by atoms with van der Waals surface area (Å²) >= 11 is 0. The summed E-state index contributed by atoms with van der Waals surface area (Å²) in [5.41, 5.74) is 5.60. The zero-order valence-electron chi connectivity index (χ0n) is 13.0. The van der Waals surface area contributed by atoms with E-state index in [9.17, 15) is 0 Å². The van der Waals surface area contributed by atoms with Gasteiger partial charge in [0.2, 0.25) is 0 Å². The predicted octanol–water partition coefficient (Wildman–Crippen LogP) is 4.38. The molecule has 0 unspecified atom stereocenters. The fraction of sp³-hybridized carbons (Fsp3) is 0.300. The van der Waals surface area contributed by atoms with Crippen LogP contribution in [0.3, 0.4) is 0 Å². The van der Waals surface area contributed by atoms with Gasteiger partial charge >= 0.3 is 0 Å². The summed E-state index contributed by atoms with van der Waals surface area (Å²) in [6.07, 6.45) is 3.47. The number of benzene rings is 2. The third kappa shape index (κ3) is 2.44. The van der Waals surface area contributed by atoms with Crippen LogP contribution in [-0.4, -0.2) is 11.0 Å². The van der Waals surface area contributed by atoms with Crippen LogP contribution >= 0.6 is 0 Å². The van der Waals surface area contributed by atoms with Crippen molar-refractivity contribution in [2.45, 2.75) is 38.3 Å². The van der Waals surface area contributed by atoms with Crippen LogP contribution < -0.4 is 5.32 Å². The van der Waals surface area contributed by atoms with Crippen LogP contribution in [0.15, 0.2) is 54.6 Å². The minimum Gasteiger partial charge on any atom is -0.358 e. The molecule has 2 heteroatoms. The molecule has 1 aliphatic rings. The van der Waals surface area contributed by atoms with Crippen LogP contribution in [0.5, 0.6) is 0 Å². The number of aromatic amines is 1. The van der Waals surface area contributed by atoms with Gasteiger partial charge in [-0.2, -0.15) is 0 Å². The number of H-pyrrole nitrogens is 1. The van der Waals surface area contributed by atoms with Gasteiger partial charge in [0.15, 0.2) is 0 Å². The van der Waals surface area contributed by atoms with Gasteiger partial charge in [-0.3, -0.25) is 0 Å². The molecule has 0 bridgehead atoms. The van der Waals surface area contributed by atoms with Crippen molar-refractivity contribution >= 4 is 10.9 Å². The molecule has 0 spiro atoms. The second-order valence-electron chi connectivity index (χ2n) is 6.37. The first-order chi connectivity index (χ1) is 10.8. The van der Waals surface area contributed by atoms with Gasteiger partial charge in [0.05, 0.1) is 0 Å². The molecule has 2 N–H and O–H groups in total. The second kappa shape index (κ2) is 5.62. The normalized spacial score (nSPS) is 19.0. The minimum atomic E-state index is 0.401. The van der Waals surface area contributed by atoms with E-state index >= 15 is 0 Å². The third-order valence-electron chi connectivity index (χ3n) is 4.88. The Morgan fingerprint density at radius 1 is 1.05 bits per heavy atom. The highest BCUT2D eigenvalue weighted by Crippen LogP contribution is 2.29. The first-order valence-electron chi connectivity index (χ1n) is 8.21. The highest BCUT2D eigenvalue weighted by Gasteiger charge is 2.23. The van der Waals surface area contributed by atoms with E-state index in [-0.39, 0.29) is 0 Å². The van der Waals surface area contributed by atoms with Gasteiger partial charge in [-0.1, -0.05) is 48.5 Å². The Kier molecular flexibility index (Phi) is 3.47. The fourth-order valence-electron chi connectivity index (χ4n) is 3.70. The Morgan fingerprint density at radius 2 is 1.82 bits per heavy atom. The number of aromatic nitrogens is 1. The highest BCUT2D eigenvalue weighted by molar-refractivity contribution is 5.84. The Labute approximate surface area is 131 Å². The Balaban J connectivity index is 1.54. The molecule has 3 aromatic rings. The van der Waals surface area contributed by atoms with Crippen molar-refractivity contribution in [3.63, 3.8) is 0 Å². The summed E-state index contributed by atoms with van der Waals surface area (Å²) in [5.74, 6) is 0. The summed E-state index contributed by atoms with van der Waals surface area (Å²) in [4.78, 5) is 3.59. The lowest BCUT2D eigenvalue weighted by atomic mass is 9.90. The summed E-state index contributed by atoms with van der Waals surface area (Å²) in [6, 6.07) is 20.4. The SMILES string of the molecule is C[C@H](N[C@@H]1CCc2[nH]c3ccccc3c2C1)c1ccccc1. The van der Waals surface area contributed by atoms with E-state index in [0.717, 1.165) is 12.8 Å². The molecule has 112 valence electrons. The Hall–Kier alpha value is -2.06. The maximum absolute atomic E-state index is 3.82. The molecule has 0 saturated carbocycles. The molecule has 1 aromatic heterocycles. The van der Waals surface area contributed by atoms with Crippen molar-refractivity contribution in [1.29, 1.82) is 0 Å². The highest BCUT2D eigenvalue weighted by atomic mass is 14.9. The average molecular weight is 290 g/mol. The van der Waals surface area contributed by atoms with Crippen LogP contribution in [0.1, 0.15) is 36.2 Å². The first kappa shape index (κ1) is 13.6. The molecule has 22 heavy (non-hydrogen) atoms. The van der Waals surface area contributed by atoms with E-state index in [1.165, 1.54) is 34.1 Å². The lowest BCUT2D eigenvalue weighted by Gasteiger charge is -2.27. The van der Waals surface area contributed by atoms with Crippen molar-refractivity contribution in [2.24, 2.45) is 0 Å². The molecule has 0 saturated heterocycles. The zero-order chi connectivity index (χ0) is 14.9. The van der Waals surface area contributed by atoms with Crippen LogP contribution in [-0.2, 0) is 12.8 Å². The molecule has 1 aliphatic carbocycles. The smallest absolute Gasteiger partial charge is 0.0458 e. The van der Waals surface area contributed by atoms with Crippen LogP contribution in [0.2, 0.25) is 0 Å². The summed E-state index contributed by atoms with van der Waals surface area (Å²) < 4.78 is 0. The number of rotatable bonds is 3. The lowest BCUT2D eigenvalue weighted by Crippen LogP contribution is -2.36. The summed E-state index contributed by atoms with van der Waals surface area (Å²) in [5, 5.41) is 5.22. The van der Waals surface area contributed by atoms with E-state index in [4.69, 9.17) is 0 Å². The van der Waals surface area contributed by atoms with Gasteiger partial charge < -0.3 is 10.3 Å². The molecule has 0 fully saturated rings. The maximum atomic E-state index is 3.82. The van der Waals surface area contributed by atoms with E-state index in [1.807, 2.05) is 0 Å². The van der Waals surface area contributed by atoms with Crippen molar-refractivity contribution in [1.82, 2.24) is 10.3 Å². The number of fused-ring (bicyclic) bond motifs is 3. The molecule has 0 radical (unpaired) electrons. The standard InChI is InChI=1S/C20H22N2/c1-14(15-7-3-2-4-8-15)21-16-11-12-20-18(13-16)17-9-5-6-10-19(17)22-20/h2-10,14,16,21-22H,11-13H2,1H3/t14-,16+/m0/s1. The fourth-order valence-corrected chi connectivity index (χ4v) is 3.70. The number of hydrogen-bond donors (Lipinski definition) is 2. The number of hydrogen-bond acceptors (Lipinski definition) is 1. The Bertz CT molecular complexity index is 773. The molecule has 0 amide bonds. The van der Waals surface area contributed by atoms with Crippen molar-refractivity contribution in [3.05, 3.63) is 71.4 Å². The first-order valence-corrected chi connectivity index (χ1v) is 8.21. The molecular weight excluding hydrogens is 268 g/mol. The van der Waals surface area contributed by atoms with Crippen molar-refractivity contribution in [3.8, 4) is 0 Å². The number of nitrogens with one attached hydrogen (secondary N) is 2. The quantitative estimate of drug-likeness (QED) is 0.736. The van der Waals surface area contributed by atoms with Crippen LogP contribution in [0, 0.1) is 0 Å². The zero-order valence-corrected chi connectivity index (χ0v) is 13.0. The molecule has 2 atom stereocenters. The van der Waals surface area contributed by atoms with Gasteiger partial charge in [0, 0.05) is 28.7 Å².